The molecule has 2 aromatic rings. The van der Waals surface area contributed by atoms with E-state index in [9.17, 15) is 4.39 Å². The minimum absolute atomic E-state index is 0.177. The zero-order chi connectivity index (χ0) is 13.1. The Balaban J connectivity index is 2.45. The van der Waals surface area contributed by atoms with Gasteiger partial charge in [-0.1, -0.05) is 0 Å². The lowest BCUT2D eigenvalue weighted by Crippen LogP contribution is -2.03. The quantitative estimate of drug-likeness (QED) is 0.901. The standard InChI is InChI=1S/C13H14FN3O/c1-8-10(6-15)7-16-13(17-8)9-3-4-11(14)12(5-9)18-2/h3-5,7H,6,15H2,1-2H3. The van der Waals surface area contributed by atoms with E-state index in [1.165, 1.54) is 13.2 Å². The predicted octanol–water partition coefficient (Wildman–Crippen LogP) is 2.06. The van der Waals surface area contributed by atoms with Crippen molar-refractivity contribution >= 4 is 0 Å². The van der Waals surface area contributed by atoms with Crippen molar-refractivity contribution in [3.05, 3.63) is 41.5 Å². The molecule has 18 heavy (non-hydrogen) atoms. The number of nitrogens with zero attached hydrogens (tertiary/aromatic N) is 2. The van der Waals surface area contributed by atoms with Gasteiger partial charge >= 0.3 is 0 Å². The van der Waals surface area contributed by atoms with Gasteiger partial charge in [-0.25, -0.2) is 14.4 Å². The van der Waals surface area contributed by atoms with Gasteiger partial charge in [0.2, 0.25) is 0 Å². The van der Waals surface area contributed by atoms with Gasteiger partial charge in [-0.3, -0.25) is 0 Å². The van der Waals surface area contributed by atoms with Crippen LogP contribution in [0.3, 0.4) is 0 Å². The van der Waals surface area contributed by atoms with E-state index in [1.807, 2.05) is 6.92 Å². The number of aryl methyl sites for hydroxylation is 1. The van der Waals surface area contributed by atoms with Crippen LogP contribution in [0.4, 0.5) is 4.39 Å². The molecule has 1 aromatic heterocycles. The Morgan fingerprint density at radius 2 is 2.17 bits per heavy atom. The van der Waals surface area contributed by atoms with E-state index in [1.54, 1.807) is 18.3 Å². The van der Waals surface area contributed by atoms with Gasteiger partial charge in [0.1, 0.15) is 0 Å². The fraction of sp³-hybridized carbons (Fsp3) is 0.231. The van der Waals surface area contributed by atoms with Gasteiger partial charge < -0.3 is 10.5 Å². The van der Waals surface area contributed by atoms with Crippen LogP contribution in [-0.4, -0.2) is 17.1 Å². The van der Waals surface area contributed by atoms with Crippen LogP contribution < -0.4 is 10.5 Å². The van der Waals surface area contributed by atoms with Gasteiger partial charge in [0, 0.05) is 29.6 Å². The summed E-state index contributed by atoms with van der Waals surface area (Å²) in [5.74, 6) is 0.302. The van der Waals surface area contributed by atoms with Crippen LogP contribution in [0.2, 0.25) is 0 Å². The van der Waals surface area contributed by atoms with Crippen molar-refractivity contribution < 1.29 is 9.13 Å². The van der Waals surface area contributed by atoms with Gasteiger partial charge in [-0.2, -0.15) is 0 Å². The number of methoxy groups -OCH3 is 1. The molecule has 0 radical (unpaired) electrons. The molecule has 0 atom stereocenters. The fourth-order valence-corrected chi connectivity index (χ4v) is 1.63. The molecule has 0 aliphatic rings. The first-order valence-corrected chi connectivity index (χ1v) is 5.52. The molecule has 1 heterocycles. The lowest BCUT2D eigenvalue weighted by molar-refractivity contribution is 0.386. The first kappa shape index (κ1) is 12.4. The van der Waals surface area contributed by atoms with Crippen LogP contribution in [0.5, 0.6) is 5.75 Å². The van der Waals surface area contributed by atoms with Crippen molar-refractivity contribution in [1.82, 2.24) is 9.97 Å². The van der Waals surface area contributed by atoms with Gasteiger partial charge in [0.05, 0.1) is 7.11 Å². The minimum Gasteiger partial charge on any atom is -0.494 e. The molecule has 0 saturated heterocycles. The Hall–Kier alpha value is -2.01. The van der Waals surface area contributed by atoms with Gasteiger partial charge in [-0.05, 0) is 25.1 Å². The SMILES string of the molecule is COc1cc(-c2ncc(CN)c(C)n2)ccc1F. The van der Waals surface area contributed by atoms with E-state index in [-0.39, 0.29) is 5.75 Å². The summed E-state index contributed by atoms with van der Waals surface area (Å²) in [6.07, 6.45) is 1.69. The minimum atomic E-state index is -0.406. The Morgan fingerprint density at radius 1 is 1.39 bits per heavy atom. The molecule has 0 spiro atoms. The maximum atomic E-state index is 13.3. The largest absolute Gasteiger partial charge is 0.494 e. The van der Waals surface area contributed by atoms with Crippen molar-refractivity contribution in [3.63, 3.8) is 0 Å². The van der Waals surface area contributed by atoms with E-state index in [4.69, 9.17) is 10.5 Å². The molecule has 4 nitrogen and oxygen atoms in total. The fourth-order valence-electron chi connectivity index (χ4n) is 1.63. The third-order valence-electron chi connectivity index (χ3n) is 2.71. The van der Waals surface area contributed by atoms with E-state index in [0.717, 1.165) is 11.3 Å². The first-order chi connectivity index (χ1) is 8.65. The molecule has 0 amide bonds. The van der Waals surface area contributed by atoms with Crippen molar-refractivity contribution in [1.29, 1.82) is 0 Å². The second kappa shape index (κ2) is 5.10. The highest BCUT2D eigenvalue weighted by molar-refractivity contribution is 5.58. The summed E-state index contributed by atoms with van der Waals surface area (Å²) in [6, 6.07) is 4.53. The summed E-state index contributed by atoms with van der Waals surface area (Å²) >= 11 is 0. The van der Waals surface area contributed by atoms with Crippen LogP contribution >= 0.6 is 0 Å². The highest BCUT2D eigenvalue weighted by Crippen LogP contribution is 2.24. The maximum absolute atomic E-state index is 13.3. The number of hydrogen-bond acceptors (Lipinski definition) is 4. The highest BCUT2D eigenvalue weighted by atomic mass is 19.1. The molecule has 1 aromatic carbocycles. The molecule has 0 unspecified atom stereocenters. The summed E-state index contributed by atoms with van der Waals surface area (Å²) in [6.45, 7) is 2.27. The van der Waals surface area contributed by atoms with Crippen molar-refractivity contribution in [2.75, 3.05) is 7.11 Å². The second-order valence-electron chi connectivity index (χ2n) is 3.86. The van der Waals surface area contributed by atoms with Crippen LogP contribution in [0.25, 0.3) is 11.4 Å². The smallest absolute Gasteiger partial charge is 0.165 e. The number of ether oxygens (including phenoxy) is 1. The number of benzene rings is 1. The summed E-state index contributed by atoms with van der Waals surface area (Å²) in [7, 11) is 1.42. The molecule has 2 rings (SSSR count). The van der Waals surface area contributed by atoms with Crippen molar-refractivity contribution in [3.8, 4) is 17.1 Å². The molecular formula is C13H14FN3O. The summed E-state index contributed by atoms with van der Waals surface area (Å²) in [4.78, 5) is 8.57. The molecule has 2 N–H and O–H groups in total. The van der Waals surface area contributed by atoms with Crippen molar-refractivity contribution in [2.24, 2.45) is 5.73 Å². The summed E-state index contributed by atoms with van der Waals surface area (Å²) in [5, 5.41) is 0. The normalized spacial score (nSPS) is 10.4. The number of rotatable bonds is 3. The third kappa shape index (κ3) is 2.31. The Morgan fingerprint density at radius 3 is 2.78 bits per heavy atom. The third-order valence-corrected chi connectivity index (χ3v) is 2.71. The summed E-state index contributed by atoms with van der Waals surface area (Å²) in [5.41, 5.74) is 7.98. The Bertz CT molecular complexity index is 572. The Labute approximate surface area is 105 Å². The van der Waals surface area contributed by atoms with Crippen LogP contribution in [0.15, 0.2) is 24.4 Å². The average Bonchev–Trinajstić information content (AvgIpc) is 2.39. The van der Waals surface area contributed by atoms with E-state index in [0.29, 0.717) is 17.9 Å². The van der Waals surface area contributed by atoms with Crippen LogP contribution in [0.1, 0.15) is 11.3 Å². The lowest BCUT2D eigenvalue weighted by atomic mass is 10.1. The maximum Gasteiger partial charge on any atom is 0.165 e. The number of aromatic nitrogens is 2. The van der Waals surface area contributed by atoms with Crippen molar-refractivity contribution in [2.45, 2.75) is 13.5 Å². The van der Waals surface area contributed by atoms with Crippen LogP contribution in [-0.2, 0) is 6.54 Å². The van der Waals surface area contributed by atoms with Gasteiger partial charge in [-0.15, -0.1) is 0 Å². The zero-order valence-electron chi connectivity index (χ0n) is 10.3. The number of halogens is 1. The van der Waals surface area contributed by atoms with Gasteiger partial charge in [0.15, 0.2) is 17.4 Å². The topological polar surface area (TPSA) is 61.0 Å². The predicted molar refractivity (Wildman–Crippen MR) is 66.6 cm³/mol. The number of hydrogen-bond donors (Lipinski definition) is 1. The van der Waals surface area contributed by atoms with E-state index in [2.05, 4.69) is 9.97 Å². The molecule has 0 bridgehead atoms. The first-order valence-electron chi connectivity index (χ1n) is 5.52. The van der Waals surface area contributed by atoms with E-state index < -0.39 is 5.82 Å². The highest BCUT2D eigenvalue weighted by Gasteiger charge is 2.08. The molecular weight excluding hydrogens is 233 g/mol. The Kier molecular flexibility index (Phi) is 3.53. The molecule has 0 saturated carbocycles. The average molecular weight is 247 g/mol. The van der Waals surface area contributed by atoms with Crippen LogP contribution in [0, 0.1) is 12.7 Å². The zero-order valence-corrected chi connectivity index (χ0v) is 10.3. The second-order valence-corrected chi connectivity index (χ2v) is 3.86. The van der Waals surface area contributed by atoms with E-state index >= 15 is 0 Å². The lowest BCUT2D eigenvalue weighted by Gasteiger charge is -2.07. The molecule has 5 heteroatoms. The molecule has 0 aliphatic carbocycles. The monoisotopic (exact) mass is 247 g/mol. The molecule has 0 fully saturated rings. The van der Waals surface area contributed by atoms with Gasteiger partial charge in [0.25, 0.3) is 0 Å². The molecule has 94 valence electrons. The number of nitrogens with two attached hydrogens (primary N) is 1. The summed E-state index contributed by atoms with van der Waals surface area (Å²) < 4.78 is 18.2. The molecule has 0 aliphatic heterocycles.